The Labute approximate surface area is 161 Å². The molecule has 0 spiro atoms. The number of sulfone groups is 2. The Morgan fingerprint density at radius 1 is 1.00 bits per heavy atom. The van der Waals surface area contributed by atoms with Gasteiger partial charge in [-0.15, -0.1) is 0 Å². The van der Waals surface area contributed by atoms with Crippen LogP contribution in [0.2, 0.25) is 0 Å². The zero-order valence-electron chi connectivity index (χ0n) is 15.4. The van der Waals surface area contributed by atoms with Gasteiger partial charge in [-0.25, -0.2) is 16.8 Å². The van der Waals surface area contributed by atoms with Crippen LogP contribution in [0.25, 0.3) is 0 Å². The molecule has 0 aliphatic heterocycles. The van der Waals surface area contributed by atoms with Crippen LogP contribution in [0.4, 0.5) is 0 Å². The third-order valence-corrected chi connectivity index (χ3v) is 7.67. The molecule has 0 amide bonds. The first-order valence-electron chi connectivity index (χ1n) is 9.09. The van der Waals surface area contributed by atoms with Crippen LogP contribution < -0.4 is 5.32 Å². The van der Waals surface area contributed by atoms with Crippen LogP contribution in [-0.4, -0.2) is 41.9 Å². The Morgan fingerprint density at radius 3 is 2.44 bits per heavy atom. The van der Waals surface area contributed by atoms with Gasteiger partial charge in [-0.3, -0.25) is 0 Å². The highest BCUT2D eigenvalue weighted by Crippen LogP contribution is 2.33. The summed E-state index contributed by atoms with van der Waals surface area (Å²) in [4.78, 5) is 0.637. The van der Waals surface area contributed by atoms with Crippen LogP contribution in [0.3, 0.4) is 0 Å². The first kappa shape index (κ1) is 20.0. The van der Waals surface area contributed by atoms with Crippen LogP contribution in [0.15, 0.2) is 58.3 Å². The zero-order chi connectivity index (χ0) is 19.5. The van der Waals surface area contributed by atoms with Crippen molar-refractivity contribution in [1.82, 2.24) is 5.32 Å². The van der Waals surface area contributed by atoms with Crippen molar-refractivity contribution in [3.63, 3.8) is 0 Å². The van der Waals surface area contributed by atoms with E-state index in [4.69, 9.17) is 0 Å². The van der Waals surface area contributed by atoms with Crippen molar-refractivity contribution in [3.8, 4) is 0 Å². The summed E-state index contributed by atoms with van der Waals surface area (Å²) < 4.78 is 48.1. The van der Waals surface area contributed by atoms with E-state index in [9.17, 15) is 16.8 Å². The summed E-state index contributed by atoms with van der Waals surface area (Å²) >= 11 is 0. The number of fused-ring (bicyclic) bond motifs is 1. The molecule has 0 radical (unpaired) electrons. The lowest BCUT2D eigenvalue weighted by molar-refractivity contribution is 0.512. The molecule has 1 N–H and O–H groups in total. The lowest BCUT2D eigenvalue weighted by Gasteiger charge is -2.26. The molecule has 0 fully saturated rings. The Bertz CT molecular complexity index is 1000. The van der Waals surface area contributed by atoms with E-state index in [1.807, 2.05) is 6.07 Å². The molecule has 0 aromatic heterocycles. The van der Waals surface area contributed by atoms with E-state index < -0.39 is 19.7 Å². The normalized spacial score (nSPS) is 17.4. The highest BCUT2D eigenvalue weighted by Gasteiger charge is 2.24. The fourth-order valence-electron chi connectivity index (χ4n) is 3.54. The molecule has 0 unspecified atom stereocenters. The van der Waals surface area contributed by atoms with E-state index in [1.54, 1.807) is 42.5 Å². The van der Waals surface area contributed by atoms with Crippen molar-refractivity contribution in [1.29, 1.82) is 0 Å². The maximum absolute atomic E-state index is 12.8. The second-order valence-electron chi connectivity index (χ2n) is 7.10. The third-order valence-electron chi connectivity index (χ3n) is 4.96. The molecule has 0 saturated heterocycles. The summed E-state index contributed by atoms with van der Waals surface area (Å²) in [7, 11) is -6.47. The molecule has 0 saturated carbocycles. The van der Waals surface area contributed by atoms with E-state index in [0.717, 1.165) is 24.8 Å². The van der Waals surface area contributed by atoms with Crippen LogP contribution in [0, 0.1) is 0 Å². The molecule has 146 valence electrons. The molecule has 27 heavy (non-hydrogen) atoms. The van der Waals surface area contributed by atoms with Crippen LogP contribution >= 0.6 is 0 Å². The van der Waals surface area contributed by atoms with Gasteiger partial charge in [0, 0.05) is 19.3 Å². The maximum Gasteiger partial charge on any atom is 0.206 e. The Kier molecular flexibility index (Phi) is 6.03. The molecule has 1 aliphatic rings. The average Bonchev–Trinajstić information content (AvgIpc) is 2.65. The number of aryl methyl sites for hydroxylation is 1. The summed E-state index contributed by atoms with van der Waals surface area (Å²) in [5, 5.41) is 3.23. The Morgan fingerprint density at radius 2 is 1.74 bits per heavy atom. The zero-order valence-corrected chi connectivity index (χ0v) is 17.0. The Balaban J connectivity index is 1.77. The lowest BCUT2D eigenvalue weighted by Crippen LogP contribution is -2.28. The largest absolute Gasteiger partial charge is 0.315 e. The molecular weight excluding hydrogens is 382 g/mol. The van der Waals surface area contributed by atoms with Crippen molar-refractivity contribution in [2.75, 3.05) is 25.1 Å². The van der Waals surface area contributed by atoms with Crippen molar-refractivity contribution in [3.05, 3.63) is 59.7 Å². The molecular formula is C20H25NO4S2. The maximum atomic E-state index is 12.8. The molecule has 1 atom stereocenters. The first-order valence-corrected chi connectivity index (χ1v) is 12.6. The number of rotatable bonds is 7. The van der Waals surface area contributed by atoms with Gasteiger partial charge in [-0.1, -0.05) is 24.3 Å². The summed E-state index contributed by atoms with van der Waals surface area (Å²) in [6.45, 7) is 1.14. The average molecular weight is 408 g/mol. The number of hydrogen-bond acceptors (Lipinski definition) is 5. The molecule has 7 heteroatoms. The second-order valence-corrected chi connectivity index (χ2v) is 11.3. The monoisotopic (exact) mass is 407 g/mol. The summed E-state index contributed by atoms with van der Waals surface area (Å²) in [5.74, 6) is 0.405. The number of nitrogens with one attached hydrogen (secondary N) is 1. The second kappa shape index (κ2) is 8.12. The van der Waals surface area contributed by atoms with Crippen molar-refractivity contribution < 1.29 is 16.8 Å². The Hall–Kier alpha value is -1.70. The van der Waals surface area contributed by atoms with Crippen molar-refractivity contribution >= 4 is 19.7 Å². The van der Waals surface area contributed by atoms with Crippen LogP contribution in [-0.2, 0) is 26.1 Å². The van der Waals surface area contributed by atoms with E-state index in [2.05, 4.69) is 5.32 Å². The van der Waals surface area contributed by atoms with Gasteiger partial charge >= 0.3 is 0 Å². The minimum Gasteiger partial charge on any atom is -0.315 e. The van der Waals surface area contributed by atoms with Crippen molar-refractivity contribution in [2.24, 2.45) is 0 Å². The van der Waals surface area contributed by atoms with Crippen LogP contribution in [0.5, 0.6) is 0 Å². The molecule has 2 aromatic carbocycles. The minimum atomic E-state index is -3.51. The molecule has 3 rings (SSSR count). The predicted octanol–water partition coefficient (Wildman–Crippen LogP) is 2.57. The van der Waals surface area contributed by atoms with Gasteiger partial charge in [-0.2, -0.15) is 0 Å². The van der Waals surface area contributed by atoms with E-state index >= 15 is 0 Å². The highest BCUT2D eigenvalue weighted by atomic mass is 32.2. The smallest absolute Gasteiger partial charge is 0.206 e. The van der Waals surface area contributed by atoms with Gasteiger partial charge in [0.05, 0.1) is 15.5 Å². The molecule has 2 aromatic rings. The molecule has 0 bridgehead atoms. The van der Waals surface area contributed by atoms with E-state index in [0.29, 0.717) is 22.9 Å². The fourth-order valence-corrected chi connectivity index (χ4v) is 5.39. The van der Waals surface area contributed by atoms with E-state index in [-0.39, 0.29) is 11.7 Å². The van der Waals surface area contributed by atoms with Gasteiger partial charge in [-0.05, 0) is 60.6 Å². The highest BCUT2D eigenvalue weighted by molar-refractivity contribution is 7.91. The van der Waals surface area contributed by atoms with Gasteiger partial charge in [0.25, 0.3) is 0 Å². The summed E-state index contributed by atoms with van der Waals surface area (Å²) in [6, 6.07) is 13.9. The standard InChI is InChI=1S/C20H25NO4S2/c1-26(22,23)13-12-21-15-17-7-5-6-16-14-19(10-11-20(16)17)27(24,25)18-8-3-2-4-9-18/h2-4,8-11,14,17,21H,5-7,12-13,15H2,1H3/t17-/m0/s1. The number of benzene rings is 2. The van der Waals surface area contributed by atoms with Crippen molar-refractivity contribution in [2.45, 2.75) is 35.0 Å². The fraction of sp³-hybridized carbons (Fsp3) is 0.400. The van der Waals surface area contributed by atoms with Gasteiger partial charge in [0.15, 0.2) is 0 Å². The quantitative estimate of drug-likeness (QED) is 0.714. The summed E-state index contributed by atoms with van der Waals surface area (Å²) in [6.07, 6.45) is 4.12. The third kappa shape index (κ3) is 4.97. The van der Waals surface area contributed by atoms with Crippen LogP contribution in [0.1, 0.15) is 29.9 Å². The first-order chi connectivity index (χ1) is 12.8. The van der Waals surface area contributed by atoms with Gasteiger partial charge < -0.3 is 5.32 Å². The van der Waals surface area contributed by atoms with Gasteiger partial charge in [0.1, 0.15) is 9.84 Å². The minimum absolute atomic E-state index is 0.126. The topological polar surface area (TPSA) is 80.3 Å². The lowest BCUT2D eigenvalue weighted by atomic mass is 9.83. The molecule has 0 heterocycles. The summed E-state index contributed by atoms with van der Waals surface area (Å²) in [5.41, 5.74) is 2.24. The SMILES string of the molecule is CS(=O)(=O)CCNC[C@@H]1CCCc2cc(S(=O)(=O)c3ccccc3)ccc21. The van der Waals surface area contributed by atoms with E-state index in [1.165, 1.54) is 11.8 Å². The molecule has 1 aliphatic carbocycles. The van der Waals surface area contributed by atoms with Gasteiger partial charge in [0.2, 0.25) is 9.84 Å². The predicted molar refractivity (Wildman–Crippen MR) is 107 cm³/mol. The molecule has 5 nitrogen and oxygen atoms in total. The number of hydrogen-bond donors (Lipinski definition) is 1.